The quantitative estimate of drug-likeness (QED) is 0.767. The monoisotopic (exact) mass is 221 g/mol. The summed E-state index contributed by atoms with van der Waals surface area (Å²) in [5, 5.41) is 8.16. The van der Waals surface area contributed by atoms with Crippen LogP contribution in [0.15, 0.2) is 6.20 Å². The number of hydrogen-bond donors (Lipinski definition) is 0. The third-order valence-electron chi connectivity index (χ3n) is 3.01. The van der Waals surface area contributed by atoms with Crippen molar-refractivity contribution in [1.29, 1.82) is 0 Å². The van der Waals surface area contributed by atoms with Crippen molar-refractivity contribution in [3.8, 4) is 0 Å². The highest BCUT2D eigenvalue weighted by atomic mass is 15.4. The maximum absolute atomic E-state index is 4.58. The van der Waals surface area contributed by atoms with Gasteiger partial charge in [-0.3, -0.25) is 0 Å². The molecule has 0 spiro atoms. The molecular weight excluding hydrogens is 202 g/mol. The molecule has 0 saturated carbocycles. The molecule has 2 heterocycles. The van der Waals surface area contributed by atoms with E-state index >= 15 is 0 Å². The fourth-order valence-corrected chi connectivity index (χ4v) is 2.04. The van der Waals surface area contributed by atoms with E-state index in [-0.39, 0.29) is 0 Å². The van der Waals surface area contributed by atoms with Crippen LogP contribution in [0.25, 0.3) is 0 Å². The van der Waals surface area contributed by atoms with E-state index in [9.17, 15) is 0 Å². The third kappa shape index (κ3) is 2.23. The summed E-state index contributed by atoms with van der Waals surface area (Å²) in [6.45, 7) is 8.28. The van der Waals surface area contributed by atoms with Gasteiger partial charge in [0.1, 0.15) is 0 Å². The molecule has 0 radical (unpaired) electrons. The maximum Gasteiger partial charge on any atom is 0.247 e. The summed E-state index contributed by atoms with van der Waals surface area (Å²) in [4.78, 5) is 8.97. The molecule has 0 aromatic carbocycles. The van der Waals surface area contributed by atoms with Crippen LogP contribution in [0.4, 0.5) is 11.8 Å². The van der Waals surface area contributed by atoms with Crippen molar-refractivity contribution in [1.82, 2.24) is 15.2 Å². The van der Waals surface area contributed by atoms with Gasteiger partial charge in [-0.15, -0.1) is 5.10 Å². The molecule has 0 unspecified atom stereocenters. The van der Waals surface area contributed by atoms with E-state index in [1.807, 2.05) is 0 Å². The average Bonchev–Trinajstić information content (AvgIpc) is 2.85. The molecule has 5 heteroatoms. The Morgan fingerprint density at radius 3 is 2.56 bits per heavy atom. The number of anilines is 2. The lowest BCUT2D eigenvalue weighted by Gasteiger charge is -2.21. The standard InChI is InChI=1S/C11H19N5/c1-3-15(4-2)10-9-12-14-11(13-10)16-7-5-6-8-16/h9H,3-8H2,1-2H3. The molecule has 88 valence electrons. The van der Waals surface area contributed by atoms with E-state index in [0.717, 1.165) is 37.9 Å². The lowest BCUT2D eigenvalue weighted by molar-refractivity contribution is 0.798. The van der Waals surface area contributed by atoms with Gasteiger partial charge in [0.25, 0.3) is 0 Å². The second-order valence-corrected chi connectivity index (χ2v) is 3.98. The van der Waals surface area contributed by atoms with Crippen molar-refractivity contribution < 1.29 is 0 Å². The molecule has 1 fully saturated rings. The minimum absolute atomic E-state index is 0.780. The number of aromatic nitrogens is 3. The molecule has 2 rings (SSSR count). The van der Waals surface area contributed by atoms with Crippen molar-refractivity contribution in [3.63, 3.8) is 0 Å². The second-order valence-electron chi connectivity index (χ2n) is 3.98. The van der Waals surface area contributed by atoms with Gasteiger partial charge >= 0.3 is 0 Å². The zero-order valence-electron chi connectivity index (χ0n) is 10.1. The highest BCUT2D eigenvalue weighted by molar-refractivity contribution is 5.41. The Hall–Kier alpha value is -1.39. The van der Waals surface area contributed by atoms with Gasteiger partial charge in [0.05, 0.1) is 6.20 Å². The Labute approximate surface area is 96.5 Å². The summed E-state index contributed by atoms with van der Waals surface area (Å²) in [7, 11) is 0. The zero-order chi connectivity index (χ0) is 11.4. The van der Waals surface area contributed by atoms with Gasteiger partial charge in [-0.1, -0.05) is 0 Å². The first kappa shape index (κ1) is 11.1. The van der Waals surface area contributed by atoms with Gasteiger partial charge in [0, 0.05) is 26.2 Å². The molecular formula is C11H19N5. The van der Waals surface area contributed by atoms with Crippen LogP contribution in [0.1, 0.15) is 26.7 Å². The van der Waals surface area contributed by atoms with E-state index in [1.54, 1.807) is 6.20 Å². The Balaban J connectivity index is 2.18. The van der Waals surface area contributed by atoms with Gasteiger partial charge < -0.3 is 9.80 Å². The summed E-state index contributed by atoms with van der Waals surface area (Å²) >= 11 is 0. The summed E-state index contributed by atoms with van der Waals surface area (Å²) in [6, 6.07) is 0. The molecule has 1 aromatic heterocycles. The predicted molar refractivity (Wildman–Crippen MR) is 64.8 cm³/mol. The Morgan fingerprint density at radius 2 is 1.94 bits per heavy atom. The fourth-order valence-electron chi connectivity index (χ4n) is 2.04. The summed E-state index contributed by atoms with van der Waals surface area (Å²) in [6.07, 6.45) is 4.21. The molecule has 0 atom stereocenters. The minimum Gasteiger partial charge on any atom is -0.356 e. The van der Waals surface area contributed by atoms with E-state index < -0.39 is 0 Å². The first-order chi connectivity index (χ1) is 7.85. The summed E-state index contributed by atoms with van der Waals surface area (Å²) in [5.74, 6) is 1.71. The normalized spacial score (nSPS) is 15.5. The SMILES string of the molecule is CCN(CC)c1cnnc(N2CCCC2)n1. The van der Waals surface area contributed by atoms with Crippen LogP contribution in [0.5, 0.6) is 0 Å². The van der Waals surface area contributed by atoms with Crippen molar-refractivity contribution in [3.05, 3.63) is 6.20 Å². The molecule has 1 aromatic rings. The molecule has 0 N–H and O–H groups in total. The Kier molecular flexibility index (Phi) is 3.54. The largest absolute Gasteiger partial charge is 0.356 e. The van der Waals surface area contributed by atoms with Gasteiger partial charge in [-0.2, -0.15) is 10.1 Å². The minimum atomic E-state index is 0.780. The van der Waals surface area contributed by atoms with Gasteiger partial charge in [-0.25, -0.2) is 0 Å². The highest BCUT2D eigenvalue weighted by Gasteiger charge is 2.16. The van der Waals surface area contributed by atoms with Gasteiger partial charge in [0.15, 0.2) is 5.82 Å². The van der Waals surface area contributed by atoms with Crippen LogP contribution < -0.4 is 9.80 Å². The van der Waals surface area contributed by atoms with E-state index in [0.29, 0.717) is 0 Å². The van der Waals surface area contributed by atoms with Crippen LogP contribution in [-0.4, -0.2) is 41.4 Å². The van der Waals surface area contributed by atoms with Crippen LogP contribution in [0, 0.1) is 0 Å². The van der Waals surface area contributed by atoms with Crippen LogP contribution in [0.3, 0.4) is 0 Å². The first-order valence-electron chi connectivity index (χ1n) is 6.04. The molecule has 1 aliphatic heterocycles. The Morgan fingerprint density at radius 1 is 1.25 bits per heavy atom. The average molecular weight is 221 g/mol. The smallest absolute Gasteiger partial charge is 0.247 e. The van der Waals surface area contributed by atoms with Crippen LogP contribution in [-0.2, 0) is 0 Å². The second kappa shape index (κ2) is 5.09. The number of rotatable bonds is 4. The third-order valence-corrected chi connectivity index (χ3v) is 3.01. The van der Waals surface area contributed by atoms with Gasteiger partial charge in [0.2, 0.25) is 5.95 Å². The first-order valence-corrected chi connectivity index (χ1v) is 6.04. The molecule has 5 nitrogen and oxygen atoms in total. The topological polar surface area (TPSA) is 45.2 Å². The number of hydrogen-bond acceptors (Lipinski definition) is 5. The molecule has 0 amide bonds. The zero-order valence-corrected chi connectivity index (χ0v) is 10.1. The lowest BCUT2D eigenvalue weighted by atomic mass is 10.4. The molecule has 1 aliphatic rings. The van der Waals surface area contributed by atoms with Gasteiger partial charge in [-0.05, 0) is 26.7 Å². The maximum atomic E-state index is 4.58. The van der Waals surface area contributed by atoms with E-state index in [4.69, 9.17) is 0 Å². The summed E-state index contributed by atoms with van der Waals surface area (Å²) in [5.41, 5.74) is 0. The van der Waals surface area contributed by atoms with E-state index in [1.165, 1.54) is 12.8 Å². The van der Waals surface area contributed by atoms with Crippen molar-refractivity contribution in [2.75, 3.05) is 36.0 Å². The van der Waals surface area contributed by atoms with Crippen molar-refractivity contribution in [2.24, 2.45) is 0 Å². The molecule has 16 heavy (non-hydrogen) atoms. The lowest BCUT2D eigenvalue weighted by Crippen LogP contribution is -2.26. The fraction of sp³-hybridized carbons (Fsp3) is 0.727. The predicted octanol–water partition coefficient (Wildman–Crippen LogP) is 1.32. The molecule has 0 aliphatic carbocycles. The van der Waals surface area contributed by atoms with Crippen molar-refractivity contribution >= 4 is 11.8 Å². The van der Waals surface area contributed by atoms with Crippen molar-refractivity contribution in [2.45, 2.75) is 26.7 Å². The Bertz CT molecular complexity index is 314. The summed E-state index contributed by atoms with van der Waals surface area (Å²) < 4.78 is 0. The van der Waals surface area contributed by atoms with Crippen LogP contribution >= 0.6 is 0 Å². The van der Waals surface area contributed by atoms with E-state index in [2.05, 4.69) is 38.8 Å². The van der Waals surface area contributed by atoms with Crippen LogP contribution in [0.2, 0.25) is 0 Å². The number of nitrogens with zero attached hydrogens (tertiary/aromatic N) is 5. The highest BCUT2D eigenvalue weighted by Crippen LogP contribution is 2.17. The molecule has 0 bridgehead atoms. The molecule has 1 saturated heterocycles.